The van der Waals surface area contributed by atoms with Gasteiger partial charge in [0.25, 0.3) is 0 Å². The second-order valence-electron chi connectivity index (χ2n) is 11.9. The summed E-state index contributed by atoms with van der Waals surface area (Å²) in [5, 5.41) is 10.5. The van der Waals surface area contributed by atoms with Crippen LogP contribution in [0.4, 0.5) is 5.13 Å². The van der Waals surface area contributed by atoms with Crippen LogP contribution in [0.25, 0.3) is 32.6 Å². The van der Waals surface area contributed by atoms with Crippen LogP contribution in [0.3, 0.4) is 0 Å². The molecule has 2 aliphatic carbocycles. The molecule has 2 saturated carbocycles. The van der Waals surface area contributed by atoms with E-state index in [2.05, 4.69) is 15.4 Å². The van der Waals surface area contributed by atoms with Crippen molar-refractivity contribution in [2.75, 3.05) is 12.0 Å². The smallest absolute Gasteiger partial charge is 0.338 e. The molecule has 2 saturated heterocycles. The van der Waals surface area contributed by atoms with Crippen molar-refractivity contribution in [2.45, 2.75) is 62.7 Å². The molecular weight excluding hydrogens is 615 g/mol. The first-order valence-electron chi connectivity index (χ1n) is 15.0. The average Bonchev–Trinajstić information content (AvgIpc) is 3.67. The van der Waals surface area contributed by atoms with Gasteiger partial charge in [-0.3, -0.25) is 0 Å². The fraction of sp³-hybridized carbons (Fsp3) is 0.324. The summed E-state index contributed by atoms with van der Waals surface area (Å²) < 4.78 is 12.0. The van der Waals surface area contributed by atoms with Crippen LogP contribution in [-0.4, -0.2) is 41.3 Å². The van der Waals surface area contributed by atoms with Gasteiger partial charge in [-0.05, 0) is 61.9 Å². The molecule has 5 aromatic rings. The molecule has 3 aromatic carbocycles. The van der Waals surface area contributed by atoms with Crippen LogP contribution in [0.1, 0.15) is 59.7 Å². The number of nitrogens with zero attached hydrogens (tertiary/aromatic N) is 3. The minimum absolute atomic E-state index is 0.340. The number of hydrogen-bond acceptors (Lipinski definition) is 8. The summed E-state index contributed by atoms with van der Waals surface area (Å²) in [6, 6.07) is 20.5. The minimum atomic E-state index is -0.340. The number of hydrogen-bond donors (Lipinski definition) is 1. The number of methoxy groups -OCH3 is 1. The van der Waals surface area contributed by atoms with Crippen molar-refractivity contribution >= 4 is 55.9 Å². The summed E-state index contributed by atoms with van der Waals surface area (Å²) in [5.74, 6) is 1.04. The Bertz CT molecular complexity index is 1850. The lowest BCUT2D eigenvalue weighted by molar-refractivity contribution is 0.0602. The van der Waals surface area contributed by atoms with Gasteiger partial charge in [-0.1, -0.05) is 76.1 Å². The van der Waals surface area contributed by atoms with E-state index in [0.717, 1.165) is 81.2 Å². The van der Waals surface area contributed by atoms with E-state index in [-0.39, 0.29) is 5.97 Å². The first-order chi connectivity index (χ1) is 21.5. The number of anilines is 1. The van der Waals surface area contributed by atoms with E-state index in [0.29, 0.717) is 46.2 Å². The number of aromatic nitrogens is 2. The number of fused-ring (bicyclic) bond motifs is 3. The number of halogens is 2. The highest BCUT2D eigenvalue weighted by Crippen LogP contribution is 2.48. The van der Waals surface area contributed by atoms with Gasteiger partial charge in [-0.25, -0.2) is 9.78 Å². The molecule has 4 aliphatic rings. The second-order valence-corrected chi connectivity index (χ2v) is 13.7. The molecule has 2 aliphatic heterocycles. The summed E-state index contributed by atoms with van der Waals surface area (Å²) in [6.45, 7) is 0.661. The van der Waals surface area contributed by atoms with Crippen molar-refractivity contribution in [1.82, 2.24) is 15.5 Å². The normalized spacial score (nSPS) is 21.0. The lowest BCUT2D eigenvalue weighted by Crippen LogP contribution is -2.64. The van der Waals surface area contributed by atoms with Gasteiger partial charge in [0, 0.05) is 47.3 Å². The Morgan fingerprint density at radius 1 is 1.00 bits per heavy atom. The Hall–Kier alpha value is -3.43. The molecule has 2 aromatic heterocycles. The molecule has 7 nitrogen and oxygen atoms in total. The molecular formula is C34H30Cl2N4O3S. The number of thiazole rings is 1. The van der Waals surface area contributed by atoms with Crippen molar-refractivity contribution in [2.24, 2.45) is 0 Å². The first kappa shape index (κ1) is 28.1. The quantitative estimate of drug-likeness (QED) is 0.170. The zero-order valence-electron chi connectivity index (χ0n) is 24.1. The van der Waals surface area contributed by atoms with Crippen molar-refractivity contribution < 1.29 is 14.1 Å². The summed E-state index contributed by atoms with van der Waals surface area (Å²) in [6.07, 6.45) is 5.45. The summed E-state index contributed by atoms with van der Waals surface area (Å²) >= 11 is 14.8. The first-order valence-corrected chi connectivity index (χ1v) is 16.6. The zero-order valence-corrected chi connectivity index (χ0v) is 26.4. The SMILES string of the molecule is COC(=O)c1ccc2nc(N3C4CC(NCc5c(-c6c(Cl)cccc6Cl)noc5C5CC5)CC3C4)sc2c1-c1ccccc1. The molecule has 9 rings (SSSR count). The number of piperidine rings is 1. The summed E-state index contributed by atoms with van der Waals surface area (Å²) in [4.78, 5) is 20.3. The number of ether oxygens (including phenoxy) is 1. The zero-order chi connectivity index (χ0) is 29.9. The topological polar surface area (TPSA) is 80.5 Å². The van der Waals surface area contributed by atoms with Crippen molar-refractivity contribution in [1.29, 1.82) is 0 Å². The lowest BCUT2D eigenvalue weighted by Gasteiger charge is -2.55. The van der Waals surface area contributed by atoms with E-state index in [9.17, 15) is 4.79 Å². The molecule has 2 bridgehead atoms. The van der Waals surface area contributed by atoms with Crippen molar-refractivity contribution in [3.63, 3.8) is 0 Å². The maximum absolute atomic E-state index is 12.7. The van der Waals surface area contributed by atoms with E-state index in [4.69, 9.17) is 37.4 Å². The summed E-state index contributed by atoms with van der Waals surface area (Å²) in [7, 11) is 1.42. The Kier molecular flexibility index (Phi) is 7.13. The van der Waals surface area contributed by atoms with E-state index in [1.165, 1.54) is 7.11 Å². The molecule has 44 heavy (non-hydrogen) atoms. The predicted molar refractivity (Wildman–Crippen MR) is 175 cm³/mol. The standard InChI is InChI=1S/C34H30Cl2N4O3S/c1-42-33(41)23-12-13-27-32(28(23)18-6-3-2-4-7-18)44-34(38-27)40-21-14-20(15-22(40)16-21)37-17-24-30(39-43-31(24)19-10-11-19)29-25(35)8-5-9-26(29)36/h2-9,12-13,19-22,37H,10-11,14-17H2,1H3. The monoisotopic (exact) mass is 644 g/mol. The molecule has 224 valence electrons. The number of carbonyl (C=O) groups is 1. The van der Waals surface area contributed by atoms with Gasteiger partial charge in [0.1, 0.15) is 11.5 Å². The molecule has 2 unspecified atom stereocenters. The van der Waals surface area contributed by atoms with E-state index >= 15 is 0 Å². The molecule has 0 spiro atoms. The van der Waals surface area contributed by atoms with Crippen molar-refractivity contribution in [3.8, 4) is 22.4 Å². The molecule has 0 radical (unpaired) electrons. The third kappa shape index (κ3) is 4.79. The number of nitrogens with one attached hydrogen (secondary N) is 1. The Morgan fingerprint density at radius 3 is 2.45 bits per heavy atom. The van der Waals surface area contributed by atoms with E-state index < -0.39 is 0 Å². The van der Waals surface area contributed by atoms with Gasteiger partial charge in [-0.2, -0.15) is 0 Å². The highest BCUT2D eigenvalue weighted by atomic mass is 35.5. The highest BCUT2D eigenvalue weighted by molar-refractivity contribution is 7.22. The van der Waals surface area contributed by atoms with Crippen LogP contribution in [0, 0.1) is 0 Å². The van der Waals surface area contributed by atoms with Gasteiger partial charge in [0.05, 0.1) is 32.9 Å². The molecule has 4 heterocycles. The predicted octanol–water partition coefficient (Wildman–Crippen LogP) is 8.49. The van der Waals surface area contributed by atoms with Crippen LogP contribution in [0.2, 0.25) is 10.0 Å². The molecule has 2 atom stereocenters. The largest absolute Gasteiger partial charge is 0.465 e. The Balaban J connectivity index is 1.03. The molecule has 0 amide bonds. The van der Waals surface area contributed by atoms with Crippen molar-refractivity contribution in [3.05, 3.63) is 87.6 Å². The van der Waals surface area contributed by atoms with E-state index in [1.54, 1.807) is 11.3 Å². The maximum atomic E-state index is 12.7. The van der Waals surface area contributed by atoms with Crippen LogP contribution >= 0.6 is 34.5 Å². The van der Waals surface area contributed by atoms with Gasteiger partial charge >= 0.3 is 5.97 Å². The third-order valence-corrected chi connectivity index (χ3v) is 10.9. The highest BCUT2D eigenvalue weighted by Gasteiger charge is 2.47. The van der Waals surface area contributed by atoms with Crippen LogP contribution in [-0.2, 0) is 11.3 Å². The second kappa shape index (κ2) is 11.2. The van der Waals surface area contributed by atoms with Crippen LogP contribution < -0.4 is 10.2 Å². The fourth-order valence-electron chi connectivity index (χ4n) is 6.94. The molecule has 1 N–H and O–H groups in total. The number of benzene rings is 3. The number of rotatable bonds is 8. The molecule has 4 fully saturated rings. The third-order valence-electron chi connectivity index (χ3n) is 9.21. The number of carbonyl (C=O) groups excluding carboxylic acids is 1. The Morgan fingerprint density at radius 2 is 1.75 bits per heavy atom. The summed E-state index contributed by atoms with van der Waals surface area (Å²) in [5.41, 5.74) is 5.89. The minimum Gasteiger partial charge on any atom is -0.465 e. The van der Waals surface area contributed by atoms with Gasteiger partial charge in [0.2, 0.25) is 0 Å². The van der Waals surface area contributed by atoms with Gasteiger partial charge in [-0.15, -0.1) is 0 Å². The Labute approximate surface area is 269 Å². The van der Waals surface area contributed by atoms with E-state index in [1.807, 2.05) is 60.7 Å². The van der Waals surface area contributed by atoms with Gasteiger partial charge in [0.15, 0.2) is 5.13 Å². The number of esters is 1. The maximum Gasteiger partial charge on any atom is 0.338 e. The lowest BCUT2D eigenvalue weighted by atomic mass is 9.77. The van der Waals surface area contributed by atoms with Crippen LogP contribution in [0.15, 0.2) is 65.2 Å². The van der Waals surface area contributed by atoms with Gasteiger partial charge < -0.3 is 19.5 Å². The fourth-order valence-corrected chi connectivity index (χ4v) is 8.80. The molecule has 10 heteroatoms. The van der Waals surface area contributed by atoms with Crippen LogP contribution in [0.5, 0.6) is 0 Å². The average molecular weight is 646 g/mol.